The smallest absolute Gasteiger partial charge is 0.269 e. The molecule has 2 heterocycles. The van der Waals surface area contributed by atoms with Crippen molar-refractivity contribution in [2.75, 3.05) is 31.6 Å². The molecule has 1 aromatic heterocycles. The van der Waals surface area contributed by atoms with E-state index in [1.54, 1.807) is 12.3 Å². The molecular weight excluding hydrogens is 254 g/mol. The van der Waals surface area contributed by atoms with E-state index in [-0.39, 0.29) is 5.91 Å². The fourth-order valence-corrected chi connectivity index (χ4v) is 2.20. The largest absolute Gasteiger partial charge is 0.384 e. The molecular formula is C15H23N3O2. The van der Waals surface area contributed by atoms with Gasteiger partial charge in [0.25, 0.3) is 5.91 Å². The van der Waals surface area contributed by atoms with E-state index in [0.717, 1.165) is 44.7 Å². The zero-order valence-electron chi connectivity index (χ0n) is 12.0. The van der Waals surface area contributed by atoms with Gasteiger partial charge in [0, 0.05) is 19.7 Å². The summed E-state index contributed by atoms with van der Waals surface area (Å²) >= 11 is 0. The first-order valence-electron chi connectivity index (χ1n) is 7.35. The second-order valence-electron chi connectivity index (χ2n) is 5.15. The van der Waals surface area contributed by atoms with Gasteiger partial charge in [-0.25, -0.2) is 4.98 Å². The first-order chi connectivity index (χ1) is 9.79. The summed E-state index contributed by atoms with van der Waals surface area (Å²) in [6.45, 7) is 5.27. The number of aromatic nitrogens is 1. The lowest BCUT2D eigenvalue weighted by atomic mass is 10.0. The molecule has 1 amide bonds. The van der Waals surface area contributed by atoms with E-state index in [0.29, 0.717) is 18.2 Å². The van der Waals surface area contributed by atoms with Crippen LogP contribution in [0.15, 0.2) is 18.3 Å². The monoisotopic (exact) mass is 277 g/mol. The van der Waals surface area contributed by atoms with Crippen LogP contribution in [0, 0.1) is 5.92 Å². The summed E-state index contributed by atoms with van der Waals surface area (Å²) in [6, 6.07) is 3.64. The summed E-state index contributed by atoms with van der Waals surface area (Å²) in [5, 5.41) is 6.16. The van der Waals surface area contributed by atoms with Crippen molar-refractivity contribution >= 4 is 11.6 Å². The molecule has 5 heteroatoms. The Bertz CT molecular complexity index is 414. The van der Waals surface area contributed by atoms with Gasteiger partial charge < -0.3 is 15.4 Å². The molecule has 1 aromatic rings. The van der Waals surface area contributed by atoms with E-state index in [1.807, 2.05) is 6.07 Å². The summed E-state index contributed by atoms with van der Waals surface area (Å²) in [6.07, 6.45) is 4.96. The van der Waals surface area contributed by atoms with E-state index in [4.69, 9.17) is 4.74 Å². The van der Waals surface area contributed by atoms with E-state index in [1.165, 1.54) is 0 Å². The second-order valence-corrected chi connectivity index (χ2v) is 5.15. The number of pyridine rings is 1. The predicted molar refractivity (Wildman–Crippen MR) is 78.9 cm³/mol. The first-order valence-corrected chi connectivity index (χ1v) is 7.35. The highest BCUT2D eigenvalue weighted by atomic mass is 16.5. The Labute approximate surface area is 120 Å². The lowest BCUT2D eigenvalue weighted by Gasteiger charge is -2.22. The van der Waals surface area contributed by atoms with Crippen molar-refractivity contribution in [3.63, 3.8) is 0 Å². The molecule has 1 unspecified atom stereocenters. The van der Waals surface area contributed by atoms with Crippen molar-refractivity contribution in [3.8, 4) is 0 Å². The molecule has 0 spiro atoms. The van der Waals surface area contributed by atoms with Crippen LogP contribution >= 0.6 is 0 Å². The Morgan fingerprint density at radius 2 is 2.40 bits per heavy atom. The molecule has 1 atom stereocenters. The van der Waals surface area contributed by atoms with E-state index >= 15 is 0 Å². The van der Waals surface area contributed by atoms with Crippen LogP contribution < -0.4 is 10.6 Å². The maximum absolute atomic E-state index is 12.0. The van der Waals surface area contributed by atoms with Crippen LogP contribution in [-0.2, 0) is 4.74 Å². The highest BCUT2D eigenvalue weighted by Gasteiger charge is 2.15. The quantitative estimate of drug-likeness (QED) is 0.835. The number of nitrogens with zero attached hydrogens (tertiary/aromatic N) is 1. The molecule has 0 aromatic carbocycles. The van der Waals surface area contributed by atoms with Crippen molar-refractivity contribution in [3.05, 3.63) is 24.0 Å². The van der Waals surface area contributed by atoms with Crippen LogP contribution in [0.1, 0.15) is 36.7 Å². The van der Waals surface area contributed by atoms with E-state index < -0.39 is 0 Å². The fraction of sp³-hybridized carbons (Fsp3) is 0.600. The average Bonchev–Trinajstić information content (AvgIpc) is 2.52. The second kappa shape index (κ2) is 7.85. The summed E-state index contributed by atoms with van der Waals surface area (Å²) in [5.74, 6) is 0.316. The van der Waals surface area contributed by atoms with Crippen LogP contribution in [0.25, 0.3) is 0 Å². The van der Waals surface area contributed by atoms with E-state index in [9.17, 15) is 4.79 Å². The summed E-state index contributed by atoms with van der Waals surface area (Å²) in [7, 11) is 0. The first kappa shape index (κ1) is 14.8. The summed E-state index contributed by atoms with van der Waals surface area (Å²) < 4.78 is 5.40. The zero-order valence-corrected chi connectivity index (χ0v) is 12.0. The Kier molecular flexibility index (Phi) is 5.80. The molecule has 1 aliphatic rings. The minimum absolute atomic E-state index is 0.113. The SMILES string of the molecule is CCCNc1ccc(C(=O)NCC2CCCOC2)nc1. The molecule has 20 heavy (non-hydrogen) atoms. The number of hydrogen-bond donors (Lipinski definition) is 2. The van der Waals surface area contributed by atoms with Crippen LogP contribution in [-0.4, -0.2) is 37.2 Å². The predicted octanol–water partition coefficient (Wildman–Crippen LogP) is 2.06. The number of carbonyl (C=O) groups excluding carboxylic acids is 1. The van der Waals surface area contributed by atoms with Crippen molar-refractivity contribution in [2.45, 2.75) is 26.2 Å². The molecule has 1 aliphatic heterocycles. The molecule has 0 radical (unpaired) electrons. The van der Waals surface area contributed by atoms with Gasteiger partial charge in [-0.1, -0.05) is 6.92 Å². The highest BCUT2D eigenvalue weighted by Crippen LogP contribution is 2.12. The number of rotatable bonds is 6. The fourth-order valence-electron chi connectivity index (χ4n) is 2.20. The lowest BCUT2D eigenvalue weighted by Crippen LogP contribution is -2.33. The average molecular weight is 277 g/mol. The van der Waals surface area contributed by atoms with Gasteiger partial charge in [-0.15, -0.1) is 0 Å². The Morgan fingerprint density at radius 3 is 3.05 bits per heavy atom. The zero-order chi connectivity index (χ0) is 14.2. The van der Waals surface area contributed by atoms with Crippen molar-refractivity contribution < 1.29 is 9.53 Å². The number of nitrogens with one attached hydrogen (secondary N) is 2. The molecule has 0 bridgehead atoms. The minimum Gasteiger partial charge on any atom is -0.384 e. The van der Waals surface area contributed by atoms with Gasteiger partial charge in [0.05, 0.1) is 18.5 Å². The molecule has 1 saturated heterocycles. The van der Waals surface area contributed by atoms with Gasteiger partial charge in [-0.3, -0.25) is 4.79 Å². The molecule has 2 rings (SSSR count). The third kappa shape index (κ3) is 4.49. The molecule has 5 nitrogen and oxygen atoms in total. The van der Waals surface area contributed by atoms with Crippen molar-refractivity contribution in [1.29, 1.82) is 0 Å². The van der Waals surface area contributed by atoms with Crippen LogP contribution in [0.5, 0.6) is 0 Å². The molecule has 0 aliphatic carbocycles. The molecule has 2 N–H and O–H groups in total. The van der Waals surface area contributed by atoms with Crippen LogP contribution in [0.3, 0.4) is 0 Å². The number of carbonyl (C=O) groups is 1. The normalized spacial score (nSPS) is 18.6. The number of anilines is 1. The van der Waals surface area contributed by atoms with Gasteiger partial charge in [0.15, 0.2) is 0 Å². The third-order valence-corrected chi connectivity index (χ3v) is 3.38. The Hall–Kier alpha value is -1.62. The van der Waals surface area contributed by atoms with Crippen LogP contribution in [0.4, 0.5) is 5.69 Å². The molecule has 110 valence electrons. The van der Waals surface area contributed by atoms with Crippen molar-refractivity contribution in [1.82, 2.24) is 10.3 Å². The van der Waals surface area contributed by atoms with Gasteiger partial charge >= 0.3 is 0 Å². The Morgan fingerprint density at radius 1 is 1.50 bits per heavy atom. The topological polar surface area (TPSA) is 63.2 Å². The van der Waals surface area contributed by atoms with Gasteiger partial charge in [0.1, 0.15) is 5.69 Å². The number of ether oxygens (including phenoxy) is 1. The summed E-state index contributed by atoms with van der Waals surface area (Å²) in [4.78, 5) is 16.2. The maximum atomic E-state index is 12.0. The maximum Gasteiger partial charge on any atom is 0.269 e. The Balaban J connectivity index is 1.79. The van der Waals surface area contributed by atoms with E-state index in [2.05, 4.69) is 22.5 Å². The number of amides is 1. The highest BCUT2D eigenvalue weighted by molar-refractivity contribution is 5.92. The minimum atomic E-state index is -0.113. The standard InChI is InChI=1S/C15H23N3O2/c1-2-7-16-13-5-6-14(17-10-13)15(19)18-9-12-4-3-8-20-11-12/h5-6,10,12,16H,2-4,7-9,11H2,1H3,(H,18,19). The summed E-state index contributed by atoms with van der Waals surface area (Å²) in [5.41, 5.74) is 1.41. The van der Waals surface area contributed by atoms with Gasteiger partial charge in [-0.2, -0.15) is 0 Å². The molecule has 1 fully saturated rings. The van der Waals surface area contributed by atoms with Gasteiger partial charge in [0.2, 0.25) is 0 Å². The third-order valence-electron chi connectivity index (χ3n) is 3.38. The van der Waals surface area contributed by atoms with Gasteiger partial charge in [-0.05, 0) is 37.3 Å². The van der Waals surface area contributed by atoms with Crippen molar-refractivity contribution in [2.24, 2.45) is 5.92 Å². The number of hydrogen-bond acceptors (Lipinski definition) is 4. The lowest BCUT2D eigenvalue weighted by molar-refractivity contribution is 0.0535. The van der Waals surface area contributed by atoms with Crippen LogP contribution in [0.2, 0.25) is 0 Å². The molecule has 0 saturated carbocycles.